The molecule has 3 N–H and O–H groups in total. The molecule has 8 heterocycles. The van der Waals surface area contributed by atoms with Crippen molar-refractivity contribution in [2.45, 2.75) is 146 Å². The van der Waals surface area contributed by atoms with Gasteiger partial charge in [0.05, 0.1) is 67.4 Å². The van der Waals surface area contributed by atoms with Crippen molar-refractivity contribution in [1.82, 2.24) is 34.3 Å². The number of Topliss-reactive ketones (excluding diaryl/α,β-unsaturated/α-hetero) is 1. The molecular formula is C117H121B3Br2N8O8. The SMILES string of the molecule is Brc1ccc(-c2nc(-c3ccc4ccccc4c3)cc(-c3ccc4ccccc4c3)n2)cc1.C.C.C.CC1(C)OB(B2OC(C)(C)C(C)(C)O2)OC1(C)C.CC1(C)OB(c2ccc(-c3nc(-c4ccc5ccccc5c4)cc(-c4ccc5ccccc5c4)n3)cc2)OC1(C)C.CCO.Nc1ccccn1.O=C(CBr)c1ccc2ccccc2c1.[2HH].c1ccc2cc(-c3cn4ccccc4n3)ccc2c1. The lowest BCUT2D eigenvalue weighted by atomic mass is 9.49. The molecule has 0 bridgehead atoms. The van der Waals surface area contributed by atoms with Gasteiger partial charge in [-0.2, -0.15) is 0 Å². The fourth-order valence-corrected chi connectivity index (χ4v) is 16.3. The number of imidazole rings is 1. The summed E-state index contributed by atoms with van der Waals surface area (Å²) < 4.78 is 39.5. The topological polar surface area (TPSA) is 200 Å². The summed E-state index contributed by atoms with van der Waals surface area (Å²) >= 11 is 6.69. The molecule has 138 heavy (non-hydrogen) atoms. The van der Waals surface area contributed by atoms with Crippen molar-refractivity contribution in [3.8, 4) is 79.1 Å². The molecule has 14 aromatic carbocycles. The quantitative estimate of drug-likeness (QED) is 0.0703. The maximum absolute atomic E-state index is 11.4. The molecule has 0 unspecified atom stereocenters. The van der Waals surface area contributed by atoms with E-state index in [1.165, 1.54) is 59.2 Å². The van der Waals surface area contributed by atoms with Crippen molar-refractivity contribution in [3.05, 3.63) is 380 Å². The first-order valence-electron chi connectivity index (χ1n) is 45.4. The lowest BCUT2D eigenvalue weighted by molar-refractivity contribution is 0.00578. The second-order valence-electron chi connectivity index (χ2n) is 36.5. The third-order valence-corrected chi connectivity index (χ3v) is 26.5. The molecule has 0 saturated carbocycles. The number of anilines is 1. The summed E-state index contributed by atoms with van der Waals surface area (Å²) in [5.41, 5.74) is 17.7. The third kappa shape index (κ3) is 23.9. The number of carbonyl (C=O) groups is 1. The molecule has 0 radical (unpaired) electrons. The van der Waals surface area contributed by atoms with Gasteiger partial charge >= 0.3 is 21.1 Å². The smallest absolute Gasteiger partial charge is 0.405 e. The number of nitrogen functional groups attached to an aromatic ring is 1. The van der Waals surface area contributed by atoms with Crippen LogP contribution in [0.1, 0.15) is 124 Å². The number of pyridine rings is 2. The van der Waals surface area contributed by atoms with Crippen LogP contribution in [0.15, 0.2) is 375 Å². The largest absolute Gasteiger partial charge is 0.494 e. The number of nitrogens with two attached hydrogens (primary N) is 1. The number of hydrogen-bond acceptors (Lipinski definition) is 15. The van der Waals surface area contributed by atoms with Gasteiger partial charge in [0, 0.05) is 75.6 Å². The highest BCUT2D eigenvalue weighted by atomic mass is 79.9. The number of hydrogen-bond donors (Lipinski definition) is 2. The molecule has 0 aliphatic carbocycles. The van der Waals surface area contributed by atoms with Gasteiger partial charge in [-0.15, -0.1) is 0 Å². The highest BCUT2D eigenvalue weighted by Gasteiger charge is 2.64. The molecule has 21 heteroatoms. The Morgan fingerprint density at radius 1 is 0.348 bits per heavy atom. The van der Waals surface area contributed by atoms with Gasteiger partial charge in [0.25, 0.3) is 0 Å². The summed E-state index contributed by atoms with van der Waals surface area (Å²) in [6.07, 6.45) is 5.75. The van der Waals surface area contributed by atoms with E-state index in [0.717, 1.165) is 99.8 Å². The van der Waals surface area contributed by atoms with Crippen molar-refractivity contribution in [2.75, 3.05) is 17.7 Å². The first-order chi connectivity index (χ1) is 64.9. The van der Waals surface area contributed by atoms with Gasteiger partial charge in [0.1, 0.15) is 11.5 Å². The number of halogens is 2. The second-order valence-corrected chi connectivity index (χ2v) is 38.0. The van der Waals surface area contributed by atoms with Crippen LogP contribution in [0.3, 0.4) is 0 Å². The molecule has 19 aromatic rings. The van der Waals surface area contributed by atoms with Crippen LogP contribution < -0.4 is 11.2 Å². The number of aromatic nitrogens is 7. The van der Waals surface area contributed by atoms with Gasteiger partial charge in [0.15, 0.2) is 17.4 Å². The van der Waals surface area contributed by atoms with Crippen LogP contribution >= 0.6 is 31.9 Å². The molecule has 16 nitrogen and oxygen atoms in total. The summed E-state index contributed by atoms with van der Waals surface area (Å²) in [6.45, 7) is 26.4. The first-order valence-corrected chi connectivity index (χ1v) is 47.3. The molecular weight excluding hydrogens is 1840 g/mol. The number of aliphatic hydroxyl groups is 1. The Morgan fingerprint density at radius 2 is 0.638 bits per heavy atom. The van der Waals surface area contributed by atoms with Gasteiger partial charge in [-0.3, -0.25) is 4.79 Å². The van der Waals surface area contributed by atoms with Gasteiger partial charge in [-0.1, -0.05) is 321 Å². The zero-order valence-corrected chi connectivity index (χ0v) is 81.3. The molecule has 0 amide bonds. The Kier molecular flexibility index (Phi) is 32.8. The number of ketones is 1. The van der Waals surface area contributed by atoms with Crippen molar-refractivity contribution in [3.63, 3.8) is 0 Å². The summed E-state index contributed by atoms with van der Waals surface area (Å²) in [5, 5.41) is 22.4. The second kappa shape index (κ2) is 44.2. The van der Waals surface area contributed by atoms with Crippen molar-refractivity contribution in [1.29, 1.82) is 0 Å². The maximum atomic E-state index is 11.4. The zero-order valence-electron chi connectivity index (χ0n) is 78.1. The Hall–Kier alpha value is -13.0. The fraction of sp³-hybridized carbons (Fsp3) is 0.205. The molecule has 3 aliphatic rings. The Morgan fingerprint density at radius 3 is 0.949 bits per heavy atom. The van der Waals surface area contributed by atoms with Gasteiger partial charge in [-0.05, 0) is 245 Å². The van der Waals surface area contributed by atoms with E-state index in [2.05, 4.69) is 324 Å². The number of fused-ring (bicyclic) bond motifs is 7. The van der Waals surface area contributed by atoms with E-state index in [-0.39, 0.29) is 69.7 Å². The van der Waals surface area contributed by atoms with E-state index in [1.54, 1.807) is 19.2 Å². The van der Waals surface area contributed by atoms with Gasteiger partial charge < -0.3 is 43.2 Å². The molecule has 22 rings (SSSR count). The lowest BCUT2D eigenvalue weighted by Gasteiger charge is -2.32. The Labute approximate surface area is 831 Å². The minimum atomic E-state index is -0.476. The van der Waals surface area contributed by atoms with Crippen molar-refractivity contribution in [2.24, 2.45) is 0 Å². The van der Waals surface area contributed by atoms with Crippen LogP contribution in [0.5, 0.6) is 0 Å². The van der Waals surface area contributed by atoms with Crippen molar-refractivity contribution < 1.29 is 39.3 Å². The van der Waals surface area contributed by atoms with Crippen LogP contribution in [0.2, 0.25) is 0 Å². The van der Waals surface area contributed by atoms with Crippen LogP contribution in [0, 0.1) is 0 Å². The van der Waals surface area contributed by atoms with E-state index in [9.17, 15) is 4.79 Å². The molecule has 700 valence electrons. The minimum absolute atomic E-state index is 0. The molecule has 3 fully saturated rings. The van der Waals surface area contributed by atoms with E-state index in [1.807, 2.05) is 163 Å². The predicted octanol–water partition coefficient (Wildman–Crippen LogP) is 29.3. The number of alkyl halides is 1. The van der Waals surface area contributed by atoms with Gasteiger partial charge in [-0.25, -0.2) is 29.9 Å². The standard InChI is InChI=1S/C36H31BN2O2.C30H19BrN2.C17H12N2.C12H24B2O4.C12H9BrO.C5H6N2.C2H6O.3CH4.H2/c1-35(2)36(3,4)41-37(40-35)31-19-17-26(18-20-31)34-38-32(29-15-13-24-9-5-7-11-27(24)21-29)23-33(39-34)30-16-14-25-10-6-8-12-28(25)22-30;31-27-15-13-22(14-16-27)30-32-28(25-11-9-20-5-1-3-7-23(20)17-25)19-29(33-30)26-12-10-21-6-2-4-8-24(21)18-26;1-2-6-14-11-15(9-8-13(14)5-1)16-12-19-10-4-3-7-17(19)18-16;1-9(2)10(3,4)16-13(15-9)14-17-11(5,6)12(7,8)18-14;13-8-12(14)11-6-5-9-3-1-2-4-10(9)7-11;6-5-3-1-2-4-7-5;1-2-3;;;;/h5-23H,1-4H3;1-19H;1-12H;1-8H3;1-7H,8H2;1-4H,(H2,6,7);3H,2H2,1H3;3*1H4;1H/i;;;;;;;;;;1+1. The molecule has 0 atom stereocenters. The maximum Gasteiger partial charge on any atom is 0.494 e. The van der Waals surface area contributed by atoms with Gasteiger partial charge in [0.2, 0.25) is 0 Å². The number of carbonyl (C=O) groups excluding carboxylic acids is 1. The Balaban J connectivity index is 0.000000158. The zero-order chi connectivity index (χ0) is 94.8. The van der Waals surface area contributed by atoms with E-state index < -0.39 is 21.1 Å². The van der Waals surface area contributed by atoms with Crippen LogP contribution in [0.25, 0.3) is 149 Å². The monoisotopic (exact) mass is 1960 g/mol. The predicted molar refractivity (Wildman–Crippen MR) is 586 cm³/mol. The molecule has 5 aromatic heterocycles. The van der Waals surface area contributed by atoms with Crippen LogP contribution in [0.4, 0.5) is 5.82 Å². The fourth-order valence-electron chi connectivity index (χ4n) is 15.7. The Bertz CT molecular complexity index is 7130. The van der Waals surface area contributed by atoms with E-state index >= 15 is 0 Å². The average Bonchev–Trinajstić information content (AvgIpc) is 1.65. The summed E-state index contributed by atoms with van der Waals surface area (Å²) in [6, 6.07) is 120. The number of aliphatic hydroxyl groups excluding tert-OH is 1. The molecule has 3 aliphatic heterocycles. The minimum Gasteiger partial charge on any atom is -0.405 e. The molecule has 3 saturated heterocycles. The average molecular weight is 1960 g/mol. The van der Waals surface area contributed by atoms with E-state index in [4.69, 9.17) is 58.7 Å². The van der Waals surface area contributed by atoms with Crippen molar-refractivity contribution >= 4 is 140 Å². The normalized spacial score (nSPS) is 14.7. The number of nitrogens with zero attached hydrogens (tertiary/aromatic N) is 7. The lowest BCUT2D eigenvalue weighted by Crippen LogP contribution is -2.41. The van der Waals surface area contributed by atoms with Crippen LogP contribution in [-0.4, -0.2) is 112 Å². The number of benzene rings is 14. The van der Waals surface area contributed by atoms with E-state index in [0.29, 0.717) is 17.0 Å². The summed E-state index contributed by atoms with van der Waals surface area (Å²) in [7, 11) is -1.36. The third-order valence-electron chi connectivity index (χ3n) is 25.5. The summed E-state index contributed by atoms with van der Waals surface area (Å²) in [5.74, 6) is 2.09. The first kappa shape index (κ1) is 102. The summed E-state index contributed by atoms with van der Waals surface area (Å²) in [4.78, 5) is 39.9. The highest BCUT2D eigenvalue weighted by Crippen LogP contribution is 2.44. The highest BCUT2D eigenvalue weighted by molar-refractivity contribution is 9.10. The number of rotatable bonds is 11. The van der Waals surface area contributed by atoms with Crippen LogP contribution in [-0.2, 0) is 27.9 Å². The molecule has 0 spiro atoms.